The molecule has 2 amide bonds. The number of hydrogen-bond acceptors (Lipinski definition) is 5. The highest BCUT2D eigenvalue weighted by atomic mass is 19.1. The lowest BCUT2D eigenvalue weighted by atomic mass is 9.96. The third-order valence-corrected chi connectivity index (χ3v) is 7.00. The molecule has 37 heavy (non-hydrogen) atoms. The van der Waals surface area contributed by atoms with Gasteiger partial charge in [0.25, 0.3) is 0 Å². The molecule has 4 N–H and O–H groups in total. The number of aliphatic hydroxyl groups excluding tert-OH is 1. The summed E-state index contributed by atoms with van der Waals surface area (Å²) in [5.41, 5.74) is 3.51. The summed E-state index contributed by atoms with van der Waals surface area (Å²) in [6.45, 7) is 4.67. The Morgan fingerprint density at radius 1 is 1.22 bits per heavy atom. The summed E-state index contributed by atoms with van der Waals surface area (Å²) in [5, 5.41) is 17.8. The summed E-state index contributed by atoms with van der Waals surface area (Å²) in [5.74, 6) is -0.897. The van der Waals surface area contributed by atoms with Crippen molar-refractivity contribution < 1.29 is 23.8 Å². The maximum Gasteiger partial charge on any atom is 0.247 e. The van der Waals surface area contributed by atoms with Crippen molar-refractivity contribution in [1.82, 2.24) is 20.5 Å². The van der Waals surface area contributed by atoms with Crippen LogP contribution in [0.3, 0.4) is 0 Å². The van der Waals surface area contributed by atoms with Crippen LogP contribution in [-0.2, 0) is 20.7 Å². The van der Waals surface area contributed by atoms with Crippen molar-refractivity contribution >= 4 is 22.7 Å². The van der Waals surface area contributed by atoms with Crippen LogP contribution in [0.4, 0.5) is 4.39 Å². The fourth-order valence-electron chi connectivity index (χ4n) is 5.08. The van der Waals surface area contributed by atoms with Gasteiger partial charge in [-0.15, -0.1) is 0 Å². The smallest absolute Gasteiger partial charge is 0.247 e. The lowest BCUT2D eigenvalue weighted by molar-refractivity contribution is -0.139. The van der Waals surface area contributed by atoms with Gasteiger partial charge in [-0.1, -0.05) is 25.1 Å². The number of halogens is 1. The number of methoxy groups -OCH3 is 1. The molecule has 0 radical (unpaired) electrons. The largest absolute Gasteiger partial charge is 0.391 e. The van der Waals surface area contributed by atoms with Gasteiger partial charge in [0.15, 0.2) is 0 Å². The van der Waals surface area contributed by atoms with E-state index in [0.29, 0.717) is 25.9 Å². The van der Waals surface area contributed by atoms with Crippen molar-refractivity contribution in [3.8, 4) is 11.3 Å². The Balaban J connectivity index is 1.63. The number of nitrogens with zero attached hydrogens (tertiary/aromatic N) is 1. The van der Waals surface area contributed by atoms with Gasteiger partial charge in [-0.25, -0.2) is 4.39 Å². The quantitative estimate of drug-likeness (QED) is 0.336. The van der Waals surface area contributed by atoms with E-state index in [9.17, 15) is 19.1 Å². The molecule has 1 fully saturated rings. The number of benzene rings is 2. The number of amides is 2. The number of carbonyl (C=O) groups excluding carboxylic acids is 2. The van der Waals surface area contributed by atoms with Crippen molar-refractivity contribution in [3.05, 3.63) is 59.9 Å². The molecule has 0 spiro atoms. The summed E-state index contributed by atoms with van der Waals surface area (Å²) >= 11 is 0. The zero-order valence-corrected chi connectivity index (χ0v) is 21.5. The lowest BCUT2D eigenvalue weighted by Gasteiger charge is -2.31. The topological polar surface area (TPSA) is 107 Å². The second kappa shape index (κ2) is 11.9. The summed E-state index contributed by atoms with van der Waals surface area (Å²) in [6, 6.07) is 12.3. The maximum absolute atomic E-state index is 13.6. The van der Waals surface area contributed by atoms with Gasteiger partial charge < -0.3 is 30.4 Å². The average Bonchev–Trinajstić information content (AvgIpc) is 3.44. The number of aromatic amines is 1. The minimum Gasteiger partial charge on any atom is -0.391 e. The first-order valence-electron chi connectivity index (χ1n) is 12.7. The first-order valence-corrected chi connectivity index (χ1v) is 12.7. The first kappa shape index (κ1) is 26.8. The number of para-hydroxylation sites is 1. The Morgan fingerprint density at radius 2 is 1.95 bits per heavy atom. The number of nitrogens with one attached hydrogen (secondary N) is 3. The fourth-order valence-corrected chi connectivity index (χ4v) is 5.08. The van der Waals surface area contributed by atoms with Crippen LogP contribution in [0.1, 0.15) is 25.8 Å². The maximum atomic E-state index is 13.6. The minimum atomic E-state index is -0.869. The van der Waals surface area contributed by atoms with Crippen molar-refractivity contribution in [2.45, 2.75) is 50.9 Å². The molecule has 4 atom stereocenters. The molecule has 1 unspecified atom stereocenters. The SMILES string of the molecule is CCN[C@@H](C)C(=O)N[C@@H](COC)C(=O)N1CCC(O)[C@@H]1Cc1c(-c2ccc(F)cc2)[nH]c2ccccc12. The second-order valence-electron chi connectivity index (χ2n) is 9.49. The summed E-state index contributed by atoms with van der Waals surface area (Å²) in [7, 11) is 1.48. The van der Waals surface area contributed by atoms with E-state index in [0.717, 1.165) is 27.7 Å². The highest BCUT2D eigenvalue weighted by Crippen LogP contribution is 2.34. The molecule has 8 nitrogen and oxygen atoms in total. The Hall–Kier alpha value is -3.27. The highest BCUT2D eigenvalue weighted by molar-refractivity contribution is 5.92. The number of hydrogen-bond donors (Lipinski definition) is 4. The van der Waals surface area contributed by atoms with Crippen LogP contribution in [0.15, 0.2) is 48.5 Å². The standard InChI is InChI=1S/C28H35FN4O4/c1-4-30-17(2)27(35)32-23(16-37-3)28(36)33-14-13-25(34)24(33)15-21-20-7-5-6-8-22(20)31-26(21)18-9-11-19(29)12-10-18/h5-12,17,23-25,30-31,34H,4,13-16H2,1-3H3,(H,32,35)/t17-,23-,24-,25?/m0/s1. The van der Waals surface area contributed by atoms with Gasteiger partial charge in [0, 0.05) is 30.3 Å². The molecule has 2 heterocycles. The number of ether oxygens (including phenoxy) is 1. The summed E-state index contributed by atoms with van der Waals surface area (Å²) < 4.78 is 18.9. The monoisotopic (exact) mass is 510 g/mol. The number of likely N-dealkylation sites (N-methyl/N-ethyl adjacent to an activating group) is 1. The molecule has 1 aliphatic heterocycles. The van der Waals surface area contributed by atoms with Crippen LogP contribution in [0.25, 0.3) is 22.2 Å². The van der Waals surface area contributed by atoms with Crippen molar-refractivity contribution in [3.63, 3.8) is 0 Å². The Bertz CT molecular complexity index is 1230. The third-order valence-electron chi connectivity index (χ3n) is 7.00. The molecule has 0 saturated carbocycles. The molecule has 0 aliphatic carbocycles. The fraction of sp³-hybridized carbons (Fsp3) is 0.429. The van der Waals surface area contributed by atoms with E-state index in [1.807, 2.05) is 31.2 Å². The van der Waals surface area contributed by atoms with Crippen LogP contribution < -0.4 is 10.6 Å². The predicted molar refractivity (Wildman–Crippen MR) is 140 cm³/mol. The molecule has 1 saturated heterocycles. The molecule has 0 bridgehead atoms. The second-order valence-corrected chi connectivity index (χ2v) is 9.49. The average molecular weight is 511 g/mol. The first-order chi connectivity index (χ1) is 17.8. The van der Waals surface area contributed by atoms with E-state index in [1.54, 1.807) is 24.0 Å². The van der Waals surface area contributed by atoms with Gasteiger partial charge in [-0.05, 0) is 67.8 Å². The van der Waals surface area contributed by atoms with Gasteiger partial charge in [-0.2, -0.15) is 0 Å². The molecule has 4 rings (SSSR count). The van der Waals surface area contributed by atoms with E-state index < -0.39 is 24.2 Å². The molecule has 198 valence electrons. The van der Waals surface area contributed by atoms with Crippen LogP contribution in [-0.4, -0.2) is 77.8 Å². The van der Waals surface area contributed by atoms with E-state index in [4.69, 9.17) is 4.74 Å². The molecular formula is C28H35FN4O4. The number of carbonyl (C=O) groups is 2. The van der Waals surface area contributed by atoms with Gasteiger partial charge in [0.1, 0.15) is 11.9 Å². The number of aromatic nitrogens is 1. The van der Waals surface area contributed by atoms with Gasteiger partial charge >= 0.3 is 0 Å². The predicted octanol–water partition coefficient (Wildman–Crippen LogP) is 2.61. The molecule has 3 aromatic rings. The molecule has 2 aromatic carbocycles. The molecule has 9 heteroatoms. The Morgan fingerprint density at radius 3 is 2.65 bits per heavy atom. The summed E-state index contributed by atoms with van der Waals surface area (Å²) in [4.78, 5) is 31.4. The van der Waals surface area contributed by atoms with E-state index in [2.05, 4.69) is 15.6 Å². The Kier molecular flexibility index (Phi) is 8.58. The number of aliphatic hydroxyl groups is 1. The highest BCUT2D eigenvalue weighted by Gasteiger charge is 2.40. The normalized spacial score (nSPS) is 19.2. The van der Waals surface area contributed by atoms with Crippen LogP contribution in [0, 0.1) is 5.82 Å². The van der Waals surface area contributed by atoms with Crippen LogP contribution >= 0.6 is 0 Å². The van der Waals surface area contributed by atoms with Gasteiger partial charge in [0.2, 0.25) is 11.8 Å². The van der Waals surface area contributed by atoms with Crippen LogP contribution in [0.2, 0.25) is 0 Å². The van der Waals surface area contributed by atoms with Crippen molar-refractivity contribution in [1.29, 1.82) is 0 Å². The minimum absolute atomic E-state index is 0.0245. The van der Waals surface area contributed by atoms with Gasteiger partial charge in [-0.3, -0.25) is 9.59 Å². The van der Waals surface area contributed by atoms with Crippen molar-refractivity contribution in [2.24, 2.45) is 0 Å². The third kappa shape index (κ3) is 5.84. The number of fused-ring (bicyclic) bond motifs is 1. The molecular weight excluding hydrogens is 475 g/mol. The van der Waals surface area contributed by atoms with E-state index >= 15 is 0 Å². The summed E-state index contributed by atoms with van der Waals surface area (Å²) in [6.07, 6.45) is 0.107. The lowest BCUT2D eigenvalue weighted by Crippen LogP contribution is -2.56. The van der Waals surface area contributed by atoms with E-state index in [-0.39, 0.29) is 24.2 Å². The number of H-pyrrole nitrogens is 1. The zero-order valence-electron chi connectivity index (χ0n) is 21.5. The van der Waals surface area contributed by atoms with E-state index in [1.165, 1.54) is 19.2 Å². The number of likely N-dealkylation sites (tertiary alicyclic amines) is 1. The van der Waals surface area contributed by atoms with Crippen LogP contribution in [0.5, 0.6) is 0 Å². The molecule has 1 aliphatic rings. The number of rotatable bonds is 10. The van der Waals surface area contributed by atoms with Gasteiger partial charge in [0.05, 0.1) is 24.8 Å². The van der Waals surface area contributed by atoms with Crippen molar-refractivity contribution in [2.75, 3.05) is 26.8 Å². The zero-order chi connectivity index (χ0) is 26.5. The Labute approximate surface area is 216 Å². The molecule has 1 aromatic heterocycles.